The lowest BCUT2D eigenvalue weighted by molar-refractivity contribution is -0.143. The first-order chi connectivity index (χ1) is 9.10. The number of hydrogen-bond acceptors (Lipinski definition) is 6. The first-order valence-corrected chi connectivity index (χ1v) is 6.97. The van der Waals surface area contributed by atoms with Crippen LogP contribution in [-0.4, -0.2) is 18.8 Å². The summed E-state index contributed by atoms with van der Waals surface area (Å²) in [7, 11) is 1.34. The van der Waals surface area contributed by atoms with E-state index in [0.717, 1.165) is 5.56 Å². The minimum atomic E-state index is -0.565. The quantitative estimate of drug-likeness (QED) is 0.673. The van der Waals surface area contributed by atoms with Crippen LogP contribution in [0.5, 0.6) is 0 Å². The maximum absolute atomic E-state index is 12.0. The Bertz CT molecular complexity index is 597. The molecule has 0 bridgehead atoms. The maximum Gasteiger partial charge on any atom is 0.315 e. The zero-order valence-electron chi connectivity index (χ0n) is 10.5. The molecule has 0 aromatic carbocycles. The molecule has 1 aromatic rings. The Morgan fingerprint density at radius 1 is 1.63 bits per heavy atom. The van der Waals surface area contributed by atoms with Crippen molar-refractivity contribution < 1.29 is 9.53 Å². The molecule has 0 fully saturated rings. The first kappa shape index (κ1) is 13.8. The Kier molecular flexibility index (Phi) is 4.08. The lowest BCUT2D eigenvalue weighted by Gasteiger charge is -2.28. The summed E-state index contributed by atoms with van der Waals surface area (Å²) >= 11 is 5.77. The molecule has 1 aliphatic rings. The van der Waals surface area contributed by atoms with Gasteiger partial charge in [-0.15, -0.1) is 12.6 Å². The number of aliphatic imine (C=N–C) groups is 1. The van der Waals surface area contributed by atoms with Crippen molar-refractivity contribution in [2.24, 2.45) is 10.9 Å². The van der Waals surface area contributed by atoms with Gasteiger partial charge in [0.15, 0.2) is 0 Å². The fourth-order valence-corrected chi connectivity index (χ4v) is 3.25. The second kappa shape index (κ2) is 5.59. The third-order valence-corrected chi connectivity index (χ3v) is 4.14. The summed E-state index contributed by atoms with van der Waals surface area (Å²) in [5, 5.41) is 13.5. The molecule has 98 valence electrons. The molecule has 6 heteroatoms. The predicted molar refractivity (Wildman–Crippen MR) is 77.3 cm³/mol. The van der Waals surface area contributed by atoms with Crippen molar-refractivity contribution in [1.29, 1.82) is 5.26 Å². The highest BCUT2D eigenvalue weighted by molar-refractivity contribution is 7.84. The summed E-state index contributed by atoms with van der Waals surface area (Å²) in [6.45, 7) is 1.76. The second-order valence-corrected chi connectivity index (χ2v) is 5.34. The van der Waals surface area contributed by atoms with E-state index >= 15 is 0 Å². The van der Waals surface area contributed by atoms with Crippen LogP contribution in [-0.2, 0) is 9.53 Å². The van der Waals surface area contributed by atoms with E-state index in [1.165, 1.54) is 18.4 Å². The molecule has 1 aliphatic heterocycles. The molecule has 0 radical (unpaired) electrons. The normalized spacial score (nSPS) is 22.7. The molecular weight excluding hydrogens is 280 g/mol. The first-order valence-electron chi connectivity index (χ1n) is 5.58. The number of esters is 1. The Morgan fingerprint density at radius 2 is 2.37 bits per heavy atom. The van der Waals surface area contributed by atoms with Gasteiger partial charge in [-0.2, -0.15) is 16.6 Å². The Balaban J connectivity index is 2.58. The van der Waals surface area contributed by atoms with Gasteiger partial charge in [-0.05, 0) is 29.3 Å². The highest BCUT2D eigenvalue weighted by atomic mass is 32.1. The summed E-state index contributed by atoms with van der Waals surface area (Å²) in [6, 6.07) is 4.02. The van der Waals surface area contributed by atoms with E-state index in [2.05, 4.69) is 23.7 Å². The van der Waals surface area contributed by atoms with Gasteiger partial charge in [0.2, 0.25) is 0 Å². The van der Waals surface area contributed by atoms with Crippen LogP contribution in [0, 0.1) is 17.2 Å². The van der Waals surface area contributed by atoms with Crippen LogP contribution in [0.3, 0.4) is 0 Å². The van der Waals surface area contributed by atoms with E-state index in [1.807, 2.05) is 16.8 Å². The van der Waals surface area contributed by atoms with Crippen molar-refractivity contribution in [1.82, 2.24) is 0 Å². The van der Waals surface area contributed by atoms with Crippen LogP contribution in [0.2, 0.25) is 0 Å². The fraction of sp³-hybridized carbons (Fsp3) is 0.308. The van der Waals surface area contributed by atoms with Crippen LogP contribution >= 0.6 is 24.0 Å². The Hall–Kier alpha value is -1.58. The lowest BCUT2D eigenvalue weighted by atomic mass is 9.78. The lowest BCUT2D eigenvalue weighted by Crippen LogP contribution is -2.33. The standard InChI is InChI=1S/C13H12N2O2S2/c1-7-10(13(16)17-2)11(8-3-4-19-6-8)9(5-14)12(18)15-7/h3-4,6,10-11,18H,1-2H3/t10?,11-/m0/s1. The zero-order chi connectivity index (χ0) is 14.0. The third kappa shape index (κ3) is 2.44. The van der Waals surface area contributed by atoms with Gasteiger partial charge >= 0.3 is 5.97 Å². The summed E-state index contributed by atoms with van der Waals surface area (Å²) < 4.78 is 4.84. The number of carbonyl (C=O) groups excluding carboxylic acids is 1. The molecule has 0 N–H and O–H groups in total. The number of thiophene rings is 1. The third-order valence-electron chi connectivity index (χ3n) is 3.10. The number of rotatable bonds is 2. The number of methoxy groups -OCH3 is 1. The van der Waals surface area contributed by atoms with Crippen molar-refractivity contribution in [3.05, 3.63) is 33.0 Å². The van der Waals surface area contributed by atoms with Gasteiger partial charge in [0.05, 0.1) is 18.8 Å². The highest BCUT2D eigenvalue weighted by Gasteiger charge is 2.39. The van der Waals surface area contributed by atoms with Gasteiger partial charge in [-0.3, -0.25) is 4.79 Å². The topological polar surface area (TPSA) is 62.4 Å². The number of allylic oxidation sites excluding steroid dienone is 1. The molecule has 0 amide bonds. The van der Waals surface area contributed by atoms with E-state index in [4.69, 9.17) is 4.74 Å². The minimum absolute atomic E-state index is 0.367. The van der Waals surface area contributed by atoms with E-state index in [1.54, 1.807) is 6.92 Å². The summed E-state index contributed by atoms with van der Waals surface area (Å²) in [4.78, 5) is 16.2. The number of ether oxygens (including phenoxy) is 1. The van der Waals surface area contributed by atoms with Crippen molar-refractivity contribution in [3.8, 4) is 6.07 Å². The minimum Gasteiger partial charge on any atom is -0.468 e. The van der Waals surface area contributed by atoms with Crippen LogP contribution in [0.25, 0.3) is 0 Å². The van der Waals surface area contributed by atoms with Gasteiger partial charge in [0.25, 0.3) is 0 Å². The molecule has 0 saturated carbocycles. The smallest absolute Gasteiger partial charge is 0.315 e. The van der Waals surface area contributed by atoms with Gasteiger partial charge in [0, 0.05) is 11.6 Å². The molecule has 0 spiro atoms. The average Bonchev–Trinajstić information content (AvgIpc) is 2.90. The highest BCUT2D eigenvalue weighted by Crippen LogP contribution is 2.40. The number of thiol groups is 1. The van der Waals surface area contributed by atoms with Gasteiger partial charge in [0.1, 0.15) is 10.9 Å². The SMILES string of the molecule is COC(=O)C1C(C)=NC(S)=C(C#N)[C@@H]1c1ccsc1. The van der Waals surface area contributed by atoms with E-state index in [9.17, 15) is 10.1 Å². The molecule has 1 aromatic heterocycles. The van der Waals surface area contributed by atoms with Crippen LogP contribution in [0.15, 0.2) is 32.4 Å². The Morgan fingerprint density at radius 3 is 2.89 bits per heavy atom. The average molecular weight is 292 g/mol. The molecule has 0 saturated heterocycles. The maximum atomic E-state index is 12.0. The molecule has 2 atom stereocenters. The van der Waals surface area contributed by atoms with Crippen LogP contribution in [0.1, 0.15) is 18.4 Å². The summed E-state index contributed by atoms with van der Waals surface area (Å²) in [5.41, 5.74) is 1.94. The second-order valence-electron chi connectivity index (χ2n) is 4.14. The van der Waals surface area contributed by atoms with Crippen LogP contribution < -0.4 is 0 Å². The van der Waals surface area contributed by atoms with Crippen molar-refractivity contribution >= 4 is 35.6 Å². The van der Waals surface area contributed by atoms with E-state index in [-0.39, 0.29) is 11.9 Å². The summed E-state index contributed by atoms with van der Waals surface area (Å²) in [5.74, 6) is -1.31. The molecule has 1 unspecified atom stereocenters. The number of nitriles is 1. The fourth-order valence-electron chi connectivity index (χ4n) is 2.21. The van der Waals surface area contributed by atoms with Gasteiger partial charge in [-0.1, -0.05) is 0 Å². The number of carbonyl (C=O) groups is 1. The number of hydrogen-bond donors (Lipinski definition) is 1. The molecule has 2 heterocycles. The monoisotopic (exact) mass is 292 g/mol. The molecule has 19 heavy (non-hydrogen) atoms. The Labute approximate surface area is 120 Å². The molecular formula is C13H12N2O2S2. The molecule has 4 nitrogen and oxygen atoms in total. The largest absolute Gasteiger partial charge is 0.468 e. The predicted octanol–water partition coefficient (Wildman–Crippen LogP) is 2.76. The number of nitrogens with zero attached hydrogens (tertiary/aromatic N) is 2. The molecule has 0 aliphatic carbocycles. The summed E-state index contributed by atoms with van der Waals surface area (Å²) in [6.07, 6.45) is 0. The van der Waals surface area contributed by atoms with Crippen molar-refractivity contribution in [3.63, 3.8) is 0 Å². The van der Waals surface area contributed by atoms with E-state index < -0.39 is 5.92 Å². The van der Waals surface area contributed by atoms with Crippen molar-refractivity contribution in [2.45, 2.75) is 12.8 Å². The van der Waals surface area contributed by atoms with E-state index in [0.29, 0.717) is 16.3 Å². The van der Waals surface area contributed by atoms with Gasteiger partial charge in [-0.25, -0.2) is 4.99 Å². The molecule has 2 rings (SSSR count). The zero-order valence-corrected chi connectivity index (χ0v) is 12.2. The van der Waals surface area contributed by atoms with Crippen LogP contribution in [0.4, 0.5) is 0 Å². The van der Waals surface area contributed by atoms with Crippen molar-refractivity contribution in [2.75, 3.05) is 7.11 Å². The van der Waals surface area contributed by atoms with Gasteiger partial charge < -0.3 is 4.74 Å².